The van der Waals surface area contributed by atoms with Crippen LogP contribution in [0.15, 0.2) is 60.9 Å². The van der Waals surface area contributed by atoms with E-state index in [2.05, 4.69) is 25.0 Å². The minimum Gasteiger partial charge on any atom is -0.353 e. The molecule has 0 atom stereocenters. The van der Waals surface area contributed by atoms with Gasteiger partial charge in [0.05, 0.1) is 0 Å². The summed E-state index contributed by atoms with van der Waals surface area (Å²) in [5.74, 6) is 0.824. The van der Waals surface area contributed by atoms with Crippen LogP contribution in [0.5, 0.6) is 0 Å². The number of aryl methyl sites for hydroxylation is 1. The van der Waals surface area contributed by atoms with E-state index in [0.29, 0.717) is 49.0 Å². The molecule has 0 N–H and O–H groups in total. The second-order valence-corrected chi connectivity index (χ2v) is 8.32. The number of nitrogens with zero attached hydrogens (tertiary/aromatic N) is 7. The molecule has 1 fully saturated rings. The lowest BCUT2D eigenvalue weighted by Gasteiger charge is -2.35. The van der Waals surface area contributed by atoms with Crippen LogP contribution in [0.25, 0.3) is 22.8 Å². The first-order valence-corrected chi connectivity index (χ1v) is 11.2. The largest absolute Gasteiger partial charge is 0.353 e. The molecule has 0 aliphatic carbocycles. The first-order chi connectivity index (χ1) is 17.0. The van der Waals surface area contributed by atoms with E-state index in [0.717, 1.165) is 11.5 Å². The summed E-state index contributed by atoms with van der Waals surface area (Å²) in [5.41, 5.74) is 2.14. The van der Waals surface area contributed by atoms with E-state index >= 15 is 0 Å². The SMILES string of the molecule is Cc1cc(N2CCN(C(=O)Cn3nc(-c4ccc(F)cc4)nc3-c3ccc(F)cc3)CC2)ncn1. The van der Waals surface area contributed by atoms with E-state index in [1.54, 1.807) is 35.5 Å². The zero-order valence-corrected chi connectivity index (χ0v) is 19.1. The summed E-state index contributed by atoms with van der Waals surface area (Å²) in [7, 11) is 0. The lowest BCUT2D eigenvalue weighted by molar-refractivity contribution is -0.132. The third-order valence-corrected chi connectivity index (χ3v) is 5.91. The van der Waals surface area contributed by atoms with Crippen molar-refractivity contribution in [3.8, 4) is 22.8 Å². The summed E-state index contributed by atoms with van der Waals surface area (Å²) >= 11 is 0. The van der Waals surface area contributed by atoms with E-state index in [-0.39, 0.29) is 24.1 Å². The third kappa shape index (κ3) is 5.01. The van der Waals surface area contributed by atoms with Crippen molar-refractivity contribution in [1.82, 2.24) is 29.6 Å². The zero-order valence-electron chi connectivity index (χ0n) is 19.1. The maximum absolute atomic E-state index is 13.5. The Kier molecular flexibility index (Phi) is 6.17. The molecule has 0 bridgehead atoms. The number of halogens is 2. The van der Waals surface area contributed by atoms with Crippen LogP contribution in [0.4, 0.5) is 14.6 Å². The molecule has 8 nitrogen and oxygen atoms in total. The number of aromatic nitrogens is 5. The number of amides is 1. The lowest BCUT2D eigenvalue weighted by atomic mass is 10.2. The number of benzene rings is 2. The summed E-state index contributed by atoms with van der Waals surface area (Å²) < 4.78 is 28.4. The minimum atomic E-state index is -0.369. The number of carbonyl (C=O) groups is 1. The molecule has 10 heteroatoms. The number of hydrogen-bond donors (Lipinski definition) is 0. The zero-order chi connectivity index (χ0) is 24.4. The van der Waals surface area contributed by atoms with Crippen molar-refractivity contribution in [2.75, 3.05) is 31.1 Å². The van der Waals surface area contributed by atoms with Gasteiger partial charge in [0.25, 0.3) is 0 Å². The monoisotopic (exact) mass is 475 g/mol. The molecule has 1 amide bonds. The second-order valence-electron chi connectivity index (χ2n) is 8.32. The molecule has 1 aliphatic heterocycles. The average Bonchev–Trinajstić information content (AvgIpc) is 3.28. The highest BCUT2D eigenvalue weighted by Gasteiger charge is 2.24. The van der Waals surface area contributed by atoms with Gasteiger partial charge >= 0.3 is 0 Å². The number of anilines is 1. The predicted molar refractivity (Wildman–Crippen MR) is 126 cm³/mol. The fourth-order valence-electron chi connectivity index (χ4n) is 4.01. The summed E-state index contributed by atoms with van der Waals surface area (Å²) in [5, 5.41) is 4.53. The molecule has 0 radical (unpaired) electrons. The van der Waals surface area contributed by atoms with E-state index in [1.165, 1.54) is 28.9 Å². The maximum atomic E-state index is 13.5. The minimum absolute atomic E-state index is 0.0203. The van der Waals surface area contributed by atoms with Crippen LogP contribution in [-0.2, 0) is 11.3 Å². The fourth-order valence-corrected chi connectivity index (χ4v) is 4.01. The van der Waals surface area contributed by atoms with Gasteiger partial charge in [-0.15, -0.1) is 5.10 Å². The summed E-state index contributed by atoms with van der Waals surface area (Å²) in [6, 6.07) is 13.6. The Hall–Kier alpha value is -4.21. The van der Waals surface area contributed by atoms with Gasteiger partial charge in [-0.25, -0.2) is 28.4 Å². The summed E-state index contributed by atoms with van der Waals surface area (Å²) in [6.45, 7) is 4.31. The molecule has 3 heterocycles. The molecule has 4 aromatic rings. The fraction of sp³-hybridized carbons (Fsp3) is 0.240. The highest BCUT2D eigenvalue weighted by atomic mass is 19.1. The Balaban J connectivity index is 1.35. The Labute approximate surface area is 200 Å². The quantitative estimate of drug-likeness (QED) is 0.441. The van der Waals surface area contributed by atoms with Crippen LogP contribution in [0.3, 0.4) is 0 Å². The molecular formula is C25H23F2N7O. The van der Waals surface area contributed by atoms with Crippen LogP contribution < -0.4 is 4.90 Å². The Morgan fingerprint density at radius 2 is 1.51 bits per heavy atom. The van der Waals surface area contributed by atoms with E-state index in [4.69, 9.17) is 0 Å². The van der Waals surface area contributed by atoms with Crippen LogP contribution >= 0.6 is 0 Å². The van der Waals surface area contributed by atoms with Crippen molar-refractivity contribution < 1.29 is 13.6 Å². The van der Waals surface area contributed by atoms with Gasteiger partial charge in [0.15, 0.2) is 11.6 Å². The van der Waals surface area contributed by atoms with Crippen LogP contribution in [0.2, 0.25) is 0 Å². The standard InChI is InChI=1S/C25H23F2N7O/c1-17-14-22(29-16-28-17)32-10-12-33(13-11-32)23(35)15-34-25(19-4-8-21(27)9-5-19)30-24(31-34)18-2-6-20(26)7-3-18/h2-9,14,16H,10-13,15H2,1H3. The van der Waals surface area contributed by atoms with Gasteiger partial charge in [-0.1, -0.05) is 0 Å². The molecule has 178 valence electrons. The first kappa shape index (κ1) is 22.6. The van der Waals surface area contributed by atoms with Gasteiger partial charge in [0.1, 0.15) is 30.3 Å². The van der Waals surface area contributed by atoms with Crippen molar-refractivity contribution >= 4 is 11.7 Å². The van der Waals surface area contributed by atoms with Crippen LogP contribution in [0.1, 0.15) is 5.69 Å². The van der Waals surface area contributed by atoms with Gasteiger partial charge < -0.3 is 9.80 Å². The van der Waals surface area contributed by atoms with Gasteiger partial charge in [0.2, 0.25) is 5.91 Å². The number of piperazine rings is 1. The van der Waals surface area contributed by atoms with E-state index < -0.39 is 0 Å². The van der Waals surface area contributed by atoms with E-state index in [1.807, 2.05) is 13.0 Å². The molecular weight excluding hydrogens is 452 g/mol. The molecule has 5 rings (SSSR count). The molecule has 2 aromatic heterocycles. The van der Waals surface area contributed by atoms with Gasteiger partial charge in [0, 0.05) is 49.1 Å². The second kappa shape index (κ2) is 9.57. The highest BCUT2D eigenvalue weighted by molar-refractivity contribution is 5.77. The maximum Gasteiger partial charge on any atom is 0.244 e. The Morgan fingerprint density at radius 3 is 2.14 bits per heavy atom. The Bertz CT molecular complexity index is 1330. The highest BCUT2D eigenvalue weighted by Crippen LogP contribution is 2.24. The van der Waals surface area contributed by atoms with E-state index in [9.17, 15) is 13.6 Å². The van der Waals surface area contributed by atoms with Crippen molar-refractivity contribution in [2.45, 2.75) is 13.5 Å². The topological polar surface area (TPSA) is 80.0 Å². The Morgan fingerprint density at radius 1 is 0.886 bits per heavy atom. The van der Waals surface area contributed by atoms with Crippen molar-refractivity contribution in [3.63, 3.8) is 0 Å². The van der Waals surface area contributed by atoms with Gasteiger partial charge in [-0.2, -0.15) is 0 Å². The molecule has 1 saturated heterocycles. The van der Waals surface area contributed by atoms with Crippen molar-refractivity contribution in [1.29, 1.82) is 0 Å². The third-order valence-electron chi connectivity index (χ3n) is 5.91. The summed E-state index contributed by atoms with van der Waals surface area (Å²) in [4.78, 5) is 30.1. The molecule has 0 saturated carbocycles. The number of rotatable bonds is 5. The smallest absolute Gasteiger partial charge is 0.244 e. The van der Waals surface area contributed by atoms with Crippen molar-refractivity contribution in [3.05, 3.63) is 78.3 Å². The van der Waals surface area contributed by atoms with Crippen LogP contribution in [0, 0.1) is 18.6 Å². The normalized spacial score (nSPS) is 13.8. The average molecular weight is 476 g/mol. The summed E-state index contributed by atoms with van der Waals surface area (Å²) in [6.07, 6.45) is 1.54. The number of hydrogen-bond acceptors (Lipinski definition) is 6. The number of carbonyl (C=O) groups excluding carboxylic acids is 1. The predicted octanol–water partition coefficient (Wildman–Crippen LogP) is 3.34. The lowest BCUT2D eigenvalue weighted by Crippen LogP contribution is -2.50. The first-order valence-electron chi connectivity index (χ1n) is 11.2. The van der Waals surface area contributed by atoms with Crippen molar-refractivity contribution in [2.24, 2.45) is 0 Å². The molecule has 2 aromatic carbocycles. The molecule has 0 spiro atoms. The molecule has 0 unspecified atom stereocenters. The molecule has 35 heavy (non-hydrogen) atoms. The van der Waals surface area contributed by atoms with Gasteiger partial charge in [-0.3, -0.25) is 4.79 Å². The van der Waals surface area contributed by atoms with Crippen LogP contribution in [-0.4, -0.2) is 61.7 Å². The molecule has 1 aliphatic rings. The van der Waals surface area contributed by atoms with Gasteiger partial charge in [-0.05, 0) is 55.5 Å².